The lowest BCUT2D eigenvalue weighted by Gasteiger charge is -2.04. The molecule has 5 nitrogen and oxygen atoms in total. The van der Waals surface area contributed by atoms with Gasteiger partial charge in [-0.15, -0.1) is 0 Å². The van der Waals surface area contributed by atoms with Crippen LogP contribution in [0.15, 0.2) is 46.7 Å². The molecule has 0 saturated carbocycles. The van der Waals surface area contributed by atoms with Gasteiger partial charge >= 0.3 is 5.97 Å². The van der Waals surface area contributed by atoms with Gasteiger partial charge in [-0.3, -0.25) is 0 Å². The Labute approximate surface area is 107 Å². The predicted molar refractivity (Wildman–Crippen MR) is 64.3 cm³/mol. The first kappa shape index (κ1) is 12.1. The zero-order valence-corrected chi connectivity index (χ0v) is 9.89. The molecular weight excluding hydrogens is 250 g/mol. The van der Waals surface area contributed by atoms with Gasteiger partial charge in [-0.2, -0.15) is 5.26 Å². The Balaban J connectivity index is 2.41. The van der Waals surface area contributed by atoms with Gasteiger partial charge in [0.15, 0.2) is 0 Å². The number of pyridine rings is 2. The zero-order valence-electron chi connectivity index (χ0n) is 9.07. The number of hydrogen-bond donors (Lipinski definition) is 1. The van der Waals surface area contributed by atoms with Crippen molar-refractivity contribution < 1.29 is 9.90 Å². The van der Waals surface area contributed by atoms with Crippen LogP contribution in [0.4, 0.5) is 0 Å². The van der Waals surface area contributed by atoms with Crippen LogP contribution >= 0.6 is 11.8 Å². The molecule has 6 heteroatoms. The van der Waals surface area contributed by atoms with E-state index < -0.39 is 5.97 Å². The summed E-state index contributed by atoms with van der Waals surface area (Å²) in [5.74, 6) is -1.06. The number of aromatic carboxylic acids is 1. The molecule has 0 aliphatic carbocycles. The lowest BCUT2D eigenvalue weighted by molar-refractivity contribution is 0.0692. The quantitative estimate of drug-likeness (QED) is 0.906. The summed E-state index contributed by atoms with van der Waals surface area (Å²) in [5.41, 5.74) is 0.488. The Bertz CT molecular complexity index is 637. The van der Waals surface area contributed by atoms with Gasteiger partial charge in [0.1, 0.15) is 16.1 Å². The van der Waals surface area contributed by atoms with Gasteiger partial charge in [-0.1, -0.05) is 0 Å². The van der Waals surface area contributed by atoms with E-state index in [0.29, 0.717) is 15.6 Å². The van der Waals surface area contributed by atoms with E-state index in [1.54, 1.807) is 24.4 Å². The molecule has 0 aliphatic heterocycles. The summed E-state index contributed by atoms with van der Waals surface area (Å²) in [4.78, 5) is 19.1. The number of nitrogens with zero attached hydrogens (tertiary/aromatic N) is 3. The summed E-state index contributed by atoms with van der Waals surface area (Å²) in [6.45, 7) is 0. The summed E-state index contributed by atoms with van der Waals surface area (Å²) in [5, 5.41) is 18.7. The number of hydrogen-bond acceptors (Lipinski definition) is 5. The van der Waals surface area contributed by atoms with Crippen molar-refractivity contribution in [3.63, 3.8) is 0 Å². The van der Waals surface area contributed by atoms with Crippen molar-refractivity contribution in [2.24, 2.45) is 0 Å². The average molecular weight is 257 g/mol. The van der Waals surface area contributed by atoms with Crippen LogP contribution in [0.5, 0.6) is 0 Å². The Kier molecular flexibility index (Phi) is 3.55. The standard InChI is InChI=1S/C12H7N3O2S/c13-7-8-3-1-5-14-10(8)18-11-9(12(16)17)4-2-6-15-11/h1-6H,(H,16,17). The van der Waals surface area contributed by atoms with Gasteiger partial charge in [0.2, 0.25) is 0 Å². The van der Waals surface area contributed by atoms with Crippen LogP contribution in [-0.4, -0.2) is 21.0 Å². The third-order valence-electron chi connectivity index (χ3n) is 2.09. The van der Waals surface area contributed by atoms with E-state index >= 15 is 0 Å². The van der Waals surface area contributed by atoms with Crippen molar-refractivity contribution in [3.05, 3.63) is 47.8 Å². The molecule has 2 heterocycles. The first-order valence-corrected chi connectivity index (χ1v) is 5.75. The minimum Gasteiger partial charge on any atom is -0.478 e. The fourth-order valence-electron chi connectivity index (χ4n) is 1.28. The minimum atomic E-state index is -1.06. The average Bonchev–Trinajstić information content (AvgIpc) is 2.40. The van der Waals surface area contributed by atoms with Crippen LogP contribution in [-0.2, 0) is 0 Å². The van der Waals surface area contributed by atoms with Crippen molar-refractivity contribution in [3.8, 4) is 6.07 Å². The summed E-state index contributed by atoms with van der Waals surface area (Å²) in [7, 11) is 0. The van der Waals surface area contributed by atoms with Crippen LogP contribution < -0.4 is 0 Å². The predicted octanol–water partition coefficient (Wildman–Crippen LogP) is 2.20. The Morgan fingerprint density at radius 1 is 1.22 bits per heavy atom. The molecule has 0 saturated heterocycles. The molecule has 0 spiro atoms. The topological polar surface area (TPSA) is 86.9 Å². The van der Waals surface area contributed by atoms with Gasteiger partial charge in [0, 0.05) is 12.4 Å². The maximum Gasteiger partial charge on any atom is 0.338 e. The summed E-state index contributed by atoms with van der Waals surface area (Å²) in [6.07, 6.45) is 3.05. The minimum absolute atomic E-state index is 0.0945. The number of carbonyl (C=O) groups is 1. The van der Waals surface area contributed by atoms with Crippen LogP contribution in [0.3, 0.4) is 0 Å². The molecule has 2 rings (SSSR count). The molecule has 0 fully saturated rings. The maximum absolute atomic E-state index is 11.0. The highest BCUT2D eigenvalue weighted by atomic mass is 32.2. The Morgan fingerprint density at radius 3 is 2.56 bits per heavy atom. The highest BCUT2D eigenvalue weighted by Crippen LogP contribution is 2.29. The molecule has 0 aromatic carbocycles. The summed E-state index contributed by atoms with van der Waals surface area (Å²) < 4.78 is 0. The Hall–Kier alpha value is -2.39. The van der Waals surface area contributed by atoms with E-state index in [4.69, 9.17) is 10.4 Å². The van der Waals surface area contributed by atoms with Crippen molar-refractivity contribution in [1.82, 2.24) is 9.97 Å². The second-order valence-corrected chi connectivity index (χ2v) is 4.21. The highest BCUT2D eigenvalue weighted by molar-refractivity contribution is 7.99. The summed E-state index contributed by atoms with van der Waals surface area (Å²) >= 11 is 1.07. The van der Waals surface area contributed by atoms with Gasteiger partial charge < -0.3 is 5.11 Å². The fourth-order valence-corrected chi connectivity index (χ4v) is 2.18. The van der Waals surface area contributed by atoms with E-state index in [9.17, 15) is 4.79 Å². The molecule has 0 amide bonds. The van der Waals surface area contributed by atoms with E-state index in [0.717, 1.165) is 11.8 Å². The molecule has 0 unspecified atom stereocenters. The van der Waals surface area contributed by atoms with E-state index in [2.05, 4.69) is 9.97 Å². The first-order chi connectivity index (χ1) is 8.72. The zero-order chi connectivity index (χ0) is 13.0. The van der Waals surface area contributed by atoms with Crippen LogP contribution in [0, 0.1) is 11.3 Å². The van der Waals surface area contributed by atoms with Crippen LogP contribution in [0.25, 0.3) is 0 Å². The fraction of sp³-hybridized carbons (Fsp3) is 0. The van der Waals surface area contributed by atoms with Crippen molar-refractivity contribution >= 4 is 17.7 Å². The molecule has 2 aromatic heterocycles. The van der Waals surface area contributed by atoms with Gasteiger partial charge in [-0.25, -0.2) is 14.8 Å². The van der Waals surface area contributed by atoms with Crippen LogP contribution in [0.1, 0.15) is 15.9 Å². The molecule has 0 radical (unpaired) electrons. The maximum atomic E-state index is 11.0. The van der Waals surface area contributed by atoms with Gasteiger partial charge in [0.05, 0.1) is 11.1 Å². The van der Waals surface area contributed by atoms with E-state index in [1.807, 2.05) is 6.07 Å². The van der Waals surface area contributed by atoms with Crippen molar-refractivity contribution in [2.75, 3.05) is 0 Å². The van der Waals surface area contributed by atoms with Crippen molar-refractivity contribution in [1.29, 1.82) is 5.26 Å². The monoisotopic (exact) mass is 257 g/mol. The third-order valence-corrected chi connectivity index (χ3v) is 3.12. The SMILES string of the molecule is N#Cc1cccnc1Sc1ncccc1C(=O)O. The molecule has 1 N–H and O–H groups in total. The second kappa shape index (κ2) is 5.29. The van der Waals surface area contributed by atoms with E-state index in [-0.39, 0.29) is 5.56 Å². The second-order valence-electron chi connectivity index (χ2n) is 3.23. The van der Waals surface area contributed by atoms with Crippen LogP contribution in [0.2, 0.25) is 0 Å². The number of nitriles is 1. The van der Waals surface area contributed by atoms with E-state index in [1.165, 1.54) is 12.3 Å². The lowest BCUT2D eigenvalue weighted by atomic mass is 10.3. The molecule has 88 valence electrons. The summed E-state index contributed by atoms with van der Waals surface area (Å²) in [6, 6.07) is 8.30. The number of aromatic nitrogens is 2. The van der Waals surface area contributed by atoms with Crippen molar-refractivity contribution in [2.45, 2.75) is 10.1 Å². The molecule has 0 atom stereocenters. The van der Waals surface area contributed by atoms with Gasteiger partial charge in [0.25, 0.3) is 0 Å². The largest absolute Gasteiger partial charge is 0.478 e. The number of rotatable bonds is 3. The third kappa shape index (κ3) is 2.47. The molecule has 18 heavy (non-hydrogen) atoms. The molecule has 0 bridgehead atoms. The Morgan fingerprint density at radius 2 is 1.89 bits per heavy atom. The first-order valence-electron chi connectivity index (χ1n) is 4.93. The molecule has 2 aromatic rings. The normalized spacial score (nSPS) is 9.72. The molecular formula is C12H7N3O2S. The smallest absolute Gasteiger partial charge is 0.338 e. The van der Waals surface area contributed by atoms with Gasteiger partial charge in [-0.05, 0) is 36.0 Å². The highest BCUT2D eigenvalue weighted by Gasteiger charge is 2.14. The lowest BCUT2D eigenvalue weighted by Crippen LogP contribution is -2.00. The number of carboxylic acid groups (broad SMARTS) is 1. The molecule has 0 aliphatic rings. The number of carboxylic acids is 1.